The van der Waals surface area contributed by atoms with E-state index >= 15 is 0 Å². The van der Waals surface area contributed by atoms with Gasteiger partial charge in [0.25, 0.3) is 5.91 Å². The van der Waals surface area contributed by atoms with E-state index in [4.69, 9.17) is 5.11 Å². The number of carboxylic acid groups (broad SMARTS) is 1. The lowest BCUT2D eigenvalue weighted by Gasteiger charge is -2.25. The highest BCUT2D eigenvalue weighted by molar-refractivity contribution is 7.98. The van der Waals surface area contributed by atoms with E-state index in [2.05, 4.69) is 4.98 Å². The molecule has 0 bridgehead atoms. The van der Waals surface area contributed by atoms with Crippen LogP contribution in [0.25, 0.3) is 5.52 Å². The van der Waals surface area contributed by atoms with Gasteiger partial charge in [-0.05, 0) is 32.2 Å². The van der Waals surface area contributed by atoms with Gasteiger partial charge in [-0.2, -0.15) is 0 Å². The highest BCUT2D eigenvalue weighted by Gasteiger charge is 2.24. The Morgan fingerprint density at radius 2 is 2.14 bits per heavy atom. The summed E-state index contributed by atoms with van der Waals surface area (Å²) in [6.07, 6.45) is 3.69. The smallest absolute Gasteiger partial charge is 0.305 e. The van der Waals surface area contributed by atoms with Crippen molar-refractivity contribution in [3.8, 4) is 0 Å². The number of carboxylic acids is 1. The summed E-state index contributed by atoms with van der Waals surface area (Å²) < 4.78 is 1.87. The largest absolute Gasteiger partial charge is 0.481 e. The van der Waals surface area contributed by atoms with Gasteiger partial charge in [0.15, 0.2) is 10.9 Å². The average molecular weight is 321 g/mol. The van der Waals surface area contributed by atoms with Crippen molar-refractivity contribution in [1.29, 1.82) is 0 Å². The molecule has 0 spiro atoms. The minimum absolute atomic E-state index is 0.0783. The molecule has 1 N–H and O–H groups in total. The lowest BCUT2D eigenvalue weighted by Crippen LogP contribution is -2.38. The zero-order chi connectivity index (χ0) is 16.3. The minimum Gasteiger partial charge on any atom is -0.481 e. The number of aromatic nitrogens is 2. The summed E-state index contributed by atoms with van der Waals surface area (Å²) in [5.74, 6) is -1.15. The number of hydrogen-bond acceptors (Lipinski definition) is 4. The molecule has 0 aromatic carbocycles. The second kappa shape index (κ2) is 6.83. The predicted octanol–water partition coefficient (Wildman–Crippen LogP) is 2.38. The zero-order valence-corrected chi connectivity index (χ0v) is 13.6. The van der Waals surface area contributed by atoms with Gasteiger partial charge >= 0.3 is 5.97 Å². The number of amides is 1. The molecule has 0 atom stereocenters. The third-order valence-corrected chi connectivity index (χ3v) is 4.01. The molecule has 1 amide bonds. The topological polar surface area (TPSA) is 74.9 Å². The summed E-state index contributed by atoms with van der Waals surface area (Å²) in [6, 6.07) is 5.49. The molecule has 0 aliphatic heterocycles. The van der Waals surface area contributed by atoms with Gasteiger partial charge in [-0.1, -0.05) is 17.8 Å². The third kappa shape index (κ3) is 3.24. The molecule has 6 nitrogen and oxygen atoms in total. The van der Waals surface area contributed by atoms with Gasteiger partial charge in [0.1, 0.15) is 0 Å². The van der Waals surface area contributed by atoms with Crippen molar-refractivity contribution >= 4 is 29.2 Å². The first-order valence-electron chi connectivity index (χ1n) is 6.99. The van der Waals surface area contributed by atoms with Crippen LogP contribution in [0.2, 0.25) is 0 Å². The van der Waals surface area contributed by atoms with Crippen LogP contribution in [0.15, 0.2) is 29.6 Å². The molecule has 2 rings (SSSR count). The fourth-order valence-corrected chi connectivity index (χ4v) is 2.80. The van der Waals surface area contributed by atoms with Crippen molar-refractivity contribution in [1.82, 2.24) is 14.3 Å². The molecule has 118 valence electrons. The molecule has 0 aliphatic carbocycles. The van der Waals surface area contributed by atoms with E-state index in [-0.39, 0.29) is 24.9 Å². The summed E-state index contributed by atoms with van der Waals surface area (Å²) in [4.78, 5) is 29.6. The number of hydrogen-bond donors (Lipinski definition) is 1. The Labute approximate surface area is 133 Å². The second-order valence-electron chi connectivity index (χ2n) is 5.14. The lowest BCUT2D eigenvalue weighted by molar-refractivity contribution is -0.137. The number of carbonyl (C=O) groups is 2. The molecule has 0 unspecified atom stereocenters. The first-order chi connectivity index (χ1) is 10.5. The standard InChI is InChI=1S/C15H19N3O3S/c1-10(2)17(9-7-12(19)20)14(21)13-11-6-4-5-8-18(11)15(16-13)22-3/h4-6,8,10H,7,9H2,1-3H3,(H,19,20). The van der Waals surface area contributed by atoms with E-state index in [1.807, 2.05) is 48.9 Å². The molecule has 0 radical (unpaired) electrons. The van der Waals surface area contributed by atoms with Crippen LogP contribution in [0.3, 0.4) is 0 Å². The van der Waals surface area contributed by atoms with E-state index in [1.165, 1.54) is 11.8 Å². The lowest BCUT2D eigenvalue weighted by atomic mass is 10.2. The summed E-state index contributed by atoms with van der Waals surface area (Å²) in [5, 5.41) is 9.59. The van der Waals surface area contributed by atoms with E-state index in [0.29, 0.717) is 5.69 Å². The molecule has 22 heavy (non-hydrogen) atoms. The van der Waals surface area contributed by atoms with Crippen LogP contribution >= 0.6 is 11.8 Å². The van der Waals surface area contributed by atoms with Crippen LogP contribution in [-0.2, 0) is 4.79 Å². The summed E-state index contributed by atoms with van der Waals surface area (Å²) in [5.41, 5.74) is 1.10. The molecule has 2 aromatic rings. The molecule has 2 aromatic heterocycles. The molecule has 0 aliphatic rings. The van der Waals surface area contributed by atoms with Gasteiger partial charge in [-0.15, -0.1) is 0 Å². The molecular formula is C15H19N3O3S. The Kier molecular flexibility index (Phi) is 5.07. The number of pyridine rings is 1. The normalized spacial score (nSPS) is 11.1. The molecular weight excluding hydrogens is 302 g/mol. The van der Waals surface area contributed by atoms with Crippen LogP contribution in [0.4, 0.5) is 0 Å². The van der Waals surface area contributed by atoms with Gasteiger partial charge in [-0.3, -0.25) is 14.0 Å². The van der Waals surface area contributed by atoms with Crippen molar-refractivity contribution < 1.29 is 14.7 Å². The van der Waals surface area contributed by atoms with Gasteiger partial charge in [0.2, 0.25) is 0 Å². The summed E-state index contributed by atoms with van der Waals surface area (Å²) in [6.45, 7) is 3.91. The molecule has 0 fully saturated rings. The van der Waals surface area contributed by atoms with E-state index in [1.54, 1.807) is 4.90 Å². The monoisotopic (exact) mass is 321 g/mol. The Bertz CT molecular complexity index is 696. The number of aliphatic carboxylic acids is 1. The van der Waals surface area contributed by atoms with Crippen LogP contribution in [0, 0.1) is 0 Å². The minimum atomic E-state index is -0.919. The number of rotatable bonds is 6. The SMILES string of the molecule is CSc1nc(C(=O)N(CCC(=O)O)C(C)C)c2ccccn12. The van der Waals surface area contributed by atoms with Crippen LogP contribution < -0.4 is 0 Å². The van der Waals surface area contributed by atoms with Crippen LogP contribution in [-0.4, -0.2) is 50.1 Å². The van der Waals surface area contributed by atoms with E-state index in [9.17, 15) is 9.59 Å². The van der Waals surface area contributed by atoms with Gasteiger partial charge in [-0.25, -0.2) is 4.98 Å². The van der Waals surface area contributed by atoms with Crippen LogP contribution in [0.1, 0.15) is 30.8 Å². The maximum Gasteiger partial charge on any atom is 0.305 e. The predicted molar refractivity (Wildman–Crippen MR) is 85.4 cm³/mol. The highest BCUT2D eigenvalue weighted by atomic mass is 32.2. The van der Waals surface area contributed by atoms with Crippen molar-refractivity contribution in [3.63, 3.8) is 0 Å². The third-order valence-electron chi connectivity index (χ3n) is 3.35. The maximum absolute atomic E-state index is 12.8. The Morgan fingerprint density at radius 1 is 1.41 bits per heavy atom. The molecule has 2 heterocycles. The number of fused-ring (bicyclic) bond motifs is 1. The fourth-order valence-electron chi connectivity index (χ4n) is 2.26. The van der Waals surface area contributed by atoms with Crippen molar-refractivity contribution in [2.24, 2.45) is 0 Å². The quantitative estimate of drug-likeness (QED) is 0.827. The molecule has 0 saturated carbocycles. The van der Waals surface area contributed by atoms with Crippen molar-refractivity contribution in [2.45, 2.75) is 31.5 Å². The number of thioether (sulfide) groups is 1. The maximum atomic E-state index is 12.8. The van der Waals surface area contributed by atoms with Gasteiger partial charge in [0.05, 0.1) is 11.9 Å². The average Bonchev–Trinajstić information content (AvgIpc) is 2.85. The van der Waals surface area contributed by atoms with Crippen LogP contribution in [0.5, 0.6) is 0 Å². The highest BCUT2D eigenvalue weighted by Crippen LogP contribution is 2.21. The van der Waals surface area contributed by atoms with Gasteiger partial charge < -0.3 is 10.0 Å². The number of nitrogens with zero attached hydrogens (tertiary/aromatic N) is 3. The molecule has 7 heteroatoms. The van der Waals surface area contributed by atoms with E-state index < -0.39 is 5.97 Å². The second-order valence-corrected chi connectivity index (χ2v) is 5.91. The summed E-state index contributed by atoms with van der Waals surface area (Å²) in [7, 11) is 0. The fraction of sp³-hybridized carbons (Fsp3) is 0.400. The first-order valence-corrected chi connectivity index (χ1v) is 8.22. The molecule has 0 saturated heterocycles. The Morgan fingerprint density at radius 3 is 2.73 bits per heavy atom. The van der Waals surface area contributed by atoms with Crippen molar-refractivity contribution in [2.75, 3.05) is 12.8 Å². The van der Waals surface area contributed by atoms with Gasteiger partial charge in [0, 0.05) is 18.8 Å². The zero-order valence-electron chi connectivity index (χ0n) is 12.8. The number of imidazole rings is 1. The first kappa shape index (κ1) is 16.4. The van der Waals surface area contributed by atoms with E-state index in [0.717, 1.165) is 10.7 Å². The Balaban J connectivity index is 2.40. The number of carbonyl (C=O) groups excluding carboxylic acids is 1. The Hall–Kier alpha value is -2.02. The van der Waals surface area contributed by atoms with Crippen molar-refractivity contribution in [3.05, 3.63) is 30.1 Å². The summed E-state index contributed by atoms with van der Waals surface area (Å²) >= 11 is 1.46.